The zero-order valence-corrected chi connectivity index (χ0v) is 18.3. The van der Waals surface area contributed by atoms with Gasteiger partial charge in [-0.15, -0.1) is 0 Å². The molecule has 2 aromatic heterocycles. The van der Waals surface area contributed by atoms with Crippen LogP contribution in [-0.2, 0) is 0 Å². The molecule has 0 spiro atoms. The second-order valence-electron chi connectivity index (χ2n) is 7.21. The molecule has 5 aromatic rings. The van der Waals surface area contributed by atoms with Gasteiger partial charge in [0.2, 0.25) is 0 Å². The summed E-state index contributed by atoms with van der Waals surface area (Å²) in [4.78, 5) is 13.9. The van der Waals surface area contributed by atoms with Crippen LogP contribution < -0.4 is 15.0 Å². The van der Waals surface area contributed by atoms with E-state index in [9.17, 15) is 9.18 Å². The molecule has 6 nitrogen and oxygen atoms in total. The van der Waals surface area contributed by atoms with E-state index in [0.717, 1.165) is 21.4 Å². The van der Waals surface area contributed by atoms with Gasteiger partial charge in [0.1, 0.15) is 17.8 Å². The van der Waals surface area contributed by atoms with Gasteiger partial charge in [-0.05, 0) is 77.0 Å². The van der Waals surface area contributed by atoms with Crippen LogP contribution in [0, 0.1) is 5.82 Å². The van der Waals surface area contributed by atoms with Crippen molar-refractivity contribution in [2.45, 2.75) is 4.90 Å². The fraction of sp³-hybridized carbons (Fsp3) is 0.0400. The molecule has 0 aliphatic rings. The van der Waals surface area contributed by atoms with E-state index in [4.69, 9.17) is 9.26 Å². The monoisotopic (exact) mass is 459 g/mol. The van der Waals surface area contributed by atoms with Gasteiger partial charge >= 0.3 is 0 Å². The highest BCUT2D eigenvalue weighted by Gasteiger charge is 2.13. The SMILES string of the molecule is COc1ccc(-c2cccc(F)c2)cc1-n1c(=O)ccc2cc(SNc3ccon3)ccc21. The number of ether oxygens (including phenoxy) is 1. The normalized spacial score (nSPS) is 11.0. The molecule has 0 saturated carbocycles. The Morgan fingerprint density at radius 2 is 1.88 bits per heavy atom. The molecule has 33 heavy (non-hydrogen) atoms. The number of nitrogens with one attached hydrogen (secondary N) is 1. The molecule has 0 bridgehead atoms. The molecule has 0 saturated heterocycles. The zero-order valence-electron chi connectivity index (χ0n) is 17.5. The molecule has 8 heteroatoms. The van der Waals surface area contributed by atoms with E-state index in [1.54, 1.807) is 35.9 Å². The van der Waals surface area contributed by atoms with E-state index in [1.807, 2.05) is 36.4 Å². The van der Waals surface area contributed by atoms with Gasteiger partial charge in [0, 0.05) is 17.0 Å². The minimum Gasteiger partial charge on any atom is -0.495 e. The molecule has 0 unspecified atom stereocenters. The maximum atomic E-state index is 13.8. The first-order valence-electron chi connectivity index (χ1n) is 10.1. The number of benzene rings is 3. The van der Waals surface area contributed by atoms with Crippen LogP contribution in [0.15, 0.2) is 99.3 Å². The second kappa shape index (κ2) is 8.84. The molecule has 0 aliphatic carbocycles. The summed E-state index contributed by atoms with van der Waals surface area (Å²) in [6.45, 7) is 0. The van der Waals surface area contributed by atoms with E-state index in [1.165, 1.54) is 36.4 Å². The lowest BCUT2D eigenvalue weighted by molar-refractivity contribution is 0.413. The summed E-state index contributed by atoms with van der Waals surface area (Å²) in [5, 5.41) is 4.70. The van der Waals surface area contributed by atoms with Crippen LogP contribution in [0.4, 0.5) is 10.2 Å². The Bertz CT molecular complexity index is 1500. The molecular weight excluding hydrogens is 441 g/mol. The Hall–Kier alpha value is -4.04. The highest BCUT2D eigenvalue weighted by molar-refractivity contribution is 8.00. The highest BCUT2D eigenvalue weighted by Crippen LogP contribution is 2.32. The van der Waals surface area contributed by atoms with Crippen LogP contribution in [-0.4, -0.2) is 16.8 Å². The molecule has 0 amide bonds. The van der Waals surface area contributed by atoms with E-state index < -0.39 is 0 Å². The minimum absolute atomic E-state index is 0.196. The maximum absolute atomic E-state index is 13.8. The molecule has 0 radical (unpaired) electrons. The molecule has 1 N–H and O–H groups in total. The molecule has 0 aliphatic heterocycles. The Balaban J connectivity index is 1.60. The lowest BCUT2D eigenvalue weighted by Gasteiger charge is -2.16. The molecular formula is C25H18FN3O3S. The number of rotatable bonds is 6. The van der Waals surface area contributed by atoms with Gasteiger partial charge in [-0.25, -0.2) is 4.39 Å². The third-order valence-electron chi connectivity index (χ3n) is 5.15. The van der Waals surface area contributed by atoms with Crippen molar-refractivity contribution < 1.29 is 13.7 Å². The number of aromatic nitrogens is 2. The number of pyridine rings is 1. The van der Waals surface area contributed by atoms with Crippen LogP contribution in [0.1, 0.15) is 0 Å². The van der Waals surface area contributed by atoms with Gasteiger partial charge < -0.3 is 14.0 Å². The van der Waals surface area contributed by atoms with Gasteiger partial charge in [0.25, 0.3) is 5.56 Å². The number of hydrogen-bond donors (Lipinski definition) is 1. The lowest BCUT2D eigenvalue weighted by atomic mass is 10.0. The van der Waals surface area contributed by atoms with Crippen LogP contribution >= 0.6 is 11.9 Å². The summed E-state index contributed by atoms with van der Waals surface area (Å²) in [7, 11) is 1.56. The first-order valence-corrected chi connectivity index (χ1v) is 10.9. The van der Waals surface area contributed by atoms with E-state index in [0.29, 0.717) is 22.8 Å². The summed E-state index contributed by atoms with van der Waals surface area (Å²) in [6, 6.07) is 22.6. The first kappa shape index (κ1) is 20.8. The van der Waals surface area contributed by atoms with Crippen LogP contribution in [0.5, 0.6) is 5.75 Å². The zero-order chi connectivity index (χ0) is 22.8. The standard InChI is InChI=1S/C25H18FN3O3S/c1-31-23-9-5-17(16-3-2-4-19(26)13-16)15-22(23)29-21-8-7-20(14-18(21)6-10-25(29)30)33-28-24-11-12-32-27-24/h2-15H,1H3,(H,27,28). The summed E-state index contributed by atoms with van der Waals surface area (Å²) in [6.07, 6.45) is 1.49. The molecule has 5 rings (SSSR count). The van der Waals surface area contributed by atoms with Crippen LogP contribution in [0.3, 0.4) is 0 Å². The van der Waals surface area contributed by atoms with Crippen molar-refractivity contribution in [3.05, 3.63) is 101 Å². The lowest BCUT2D eigenvalue weighted by Crippen LogP contribution is -2.18. The van der Waals surface area contributed by atoms with Crippen molar-refractivity contribution >= 4 is 28.7 Å². The minimum atomic E-state index is -0.323. The van der Waals surface area contributed by atoms with Crippen molar-refractivity contribution in [1.82, 2.24) is 9.72 Å². The fourth-order valence-electron chi connectivity index (χ4n) is 3.62. The van der Waals surface area contributed by atoms with Crippen molar-refractivity contribution in [2.75, 3.05) is 11.8 Å². The fourth-order valence-corrected chi connectivity index (χ4v) is 4.27. The van der Waals surface area contributed by atoms with E-state index >= 15 is 0 Å². The van der Waals surface area contributed by atoms with Gasteiger partial charge in [0.15, 0.2) is 5.82 Å². The Morgan fingerprint density at radius 1 is 1.00 bits per heavy atom. The topological polar surface area (TPSA) is 69.3 Å². The van der Waals surface area contributed by atoms with E-state index in [2.05, 4.69) is 9.88 Å². The van der Waals surface area contributed by atoms with E-state index in [-0.39, 0.29) is 11.4 Å². The molecule has 164 valence electrons. The van der Waals surface area contributed by atoms with Crippen molar-refractivity contribution in [3.63, 3.8) is 0 Å². The summed E-state index contributed by atoms with van der Waals surface area (Å²) in [5.74, 6) is 0.830. The Kier molecular flexibility index (Phi) is 5.58. The van der Waals surface area contributed by atoms with Gasteiger partial charge in [0.05, 0.1) is 18.3 Å². The van der Waals surface area contributed by atoms with Crippen LogP contribution in [0.25, 0.3) is 27.7 Å². The Morgan fingerprint density at radius 3 is 2.67 bits per heavy atom. The highest BCUT2D eigenvalue weighted by atomic mass is 32.2. The predicted octanol–water partition coefficient (Wildman–Crippen LogP) is 5.91. The Labute approximate surface area is 192 Å². The number of methoxy groups -OCH3 is 1. The molecule has 3 aromatic carbocycles. The number of anilines is 1. The van der Waals surface area contributed by atoms with Crippen molar-refractivity contribution in [1.29, 1.82) is 0 Å². The first-order chi connectivity index (χ1) is 16.1. The largest absolute Gasteiger partial charge is 0.495 e. The number of nitrogens with zero attached hydrogens (tertiary/aromatic N) is 2. The summed E-state index contributed by atoms with van der Waals surface area (Å²) < 4.78 is 28.9. The second-order valence-corrected chi connectivity index (χ2v) is 8.09. The van der Waals surface area contributed by atoms with Gasteiger partial charge in [-0.3, -0.25) is 9.36 Å². The molecule has 2 heterocycles. The smallest absolute Gasteiger partial charge is 0.255 e. The van der Waals surface area contributed by atoms with Gasteiger partial charge in [-0.1, -0.05) is 23.4 Å². The van der Waals surface area contributed by atoms with Crippen LogP contribution in [0.2, 0.25) is 0 Å². The average molecular weight is 460 g/mol. The summed E-state index contributed by atoms with van der Waals surface area (Å²) >= 11 is 1.39. The molecule has 0 fully saturated rings. The quantitative estimate of drug-likeness (QED) is 0.318. The maximum Gasteiger partial charge on any atom is 0.255 e. The van der Waals surface area contributed by atoms with Crippen molar-refractivity contribution in [2.24, 2.45) is 0 Å². The predicted molar refractivity (Wildman–Crippen MR) is 127 cm³/mol. The van der Waals surface area contributed by atoms with Gasteiger partial charge in [-0.2, -0.15) is 0 Å². The summed E-state index contributed by atoms with van der Waals surface area (Å²) in [5.41, 5.74) is 2.60. The average Bonchev–Trinajstić information content (AvgIpc) is 3.36. The molecule has 0 atom stereocenters. The third-order valence-corrected chi connectivity index (χ3v) is 5.96. The number of halogens is 1. The van der Waals surface area contributed by atoms with Crippen molar-refractivity contribution in [3.8, 4) is 22.6 Å². The number of fused-ring (bicyclic) bond motifs is 1. The number of hydrogen-bond acceptors (Lipinski definition) is 6. The third kappa shape index (κ3) is 4.20.